The molecular weight excluding hydrogens is 276 g/mol. The van der Waals surface area contributed by atoms with Gasteiger partial charge in [-0.1, -0.05) is 49.6 Å². The van der Waals surface area contributed by atoms with Gasteiger partial charge in [-0.15, -0.1) is 0 Å². The normalized spacial score (nSPS) is 17.0. The van der Waals surface area contributed by atoms with Crippen LogP contribution < -0.4 is 10.6 Å². The molecule has 0 bridgehead atoms. The fourth-order valence-electron chi connectivity index (χ4n) is 2.94. The largest absolute Gasteiger partial charge is 0.352 e. The van der Waals surface area contributed by atoms with E-state index in [9.17, 15) is 9.59 Å². The maximum atomic E-state index is 12.5. The summed E-state index contributed by atoms with van der Waals surface area (Å²) in [6, 6.07) is 8.87. The lowest BCUT2D eigenvalue weighted by molar-refractivity contribution is -0.132. The monoisotopic (exact) mass is 302 g/mol. The molecule has 1 aliphatic rings. The van der Waals surface area contributed by atoms with Crippen LogP contribution in [0.5, 0.6) is 0 Å². The van der Waals surface area contributed by atoms with E-state index in [0.717, 1.165) is 31.2 Å². The van der Waals surface area contributed by atoms with E-state index in [2.05, 4.69) is 10.6 Å². The van der Waals surface area contributed by atoms with Crippen LogP contribution >= 0.6 is 0 Å². The number of carbonyl (C=O) groups excluding carboxylic acids is 2. The van der Waals surface area contributed by atoms with Crippen LogP contribution in [0, 0.1) is 5.92 Å². The van der Waals surface area contributed by atoms with E-state index in [1.807, 2.05) is 44.2 Å². The SMILES string of the molecule is CC(C)NC(=O)[C@@H](NC(=O)C1CCCCC1)c1ccccc1. The molecule has 1 saturated carbocycles. The first-order chi connectivity index (χ1) is 10.6. The molecule has 0 spiro atoms. The topological polar surface area (TPSA) is 58.2 Å². The van der Waals surface area contributed by atoms with Crippen molar-refractivity contribution in [3.05, 3.63) is 35.9 Å². The first-order valence-corrected chi connectivity index (χ1v) is 8.23. The predicted octanol–water partition coefficient (Wildman–Crippen LogP) is 2.95. The molecule has 2 rings (SSSR count). The molecule has 0 saturated heterocycles. The molecule has 1 atom stereocenters. The summed E-state index contributed by atoms with van der Waals surface area (Å²) in [7, 11) is 0. The van der Waals surface area contributed by atoms with Crippen LogP contribution in [-0.4, -0.2) is 17.9 Å². The number of nitrogens with one attached hydrogen (secondary N) is 2. The molecule has 0 unspecified atom stereocenters. The van der Waals surface area contributed by atoms with E-state index in [1.54, 1.807) is 0 Å². The Morgan fingerprint density at radius 1 is 1.00 bits per heavy atom. The van der Waals surface area contributed by atoms with E-state index in [1.165, 1.54) is 6.42 Å². The maximum Gasteiger partial charge on any atom is 0.247 e. The van der Waals surface area contributed by atoms with Crippen LogP contribution in [0.4, 0.5) is 0 Å². The summed E-state index contributed by atoms with van der Waals surface area (Å²) in [5.74, 6) is -0.0929. The molecule has 0 heterocycles. The molecule has 0 aliphatic heterocycles. The van der Waals surface area contributed by atoms with Gasteiger partial charge in [0.05, 0.1) is 0 Å². The van der Waals surface area contributed by atoms with Gasteiger partial charge in [0, 0.05) is 12.0 Å². The smallest absolute Gasteiger partial charge is 0.247 e. The lowest BCUT2D eigenvalue weighted by Crippen LogP contribution is -2.44. The maximum absolute atomic E-state index is 12.5. The van der Waals surface area contributed by atoms with Crippen molar-refractivity contribution in [1.29, 1.82) is 0 Å². The van der Waals surface area contributed by atoms with Crippen LogP contribution in [0.3, 0.4) is 0 Å². The van der Waals surface area contributed by atoms with Crippen molar-refractivity contribution in [1.82, 2.24) is 10.6 Å². The second-order valence-electron chi connectivity index (χ2n) is 6.35. The molecule has 1 fully saturated rings. The second kappa shape index (κ2) is 7.97. The minimum atomic E-state index is -0.613. The molecule has 0 aromatic heterocycles. The lowest BCUT2D eigenvalue weighted by Gasteiger charge is -2.25. The molecule has 1 aromatic carbocycles. The number of hydrogen-bond donors (Lipinski definition) is 2. The quantitative estimate of drug-likeness (QED) is 0.878. The van der Waals surface area contributed by atoms with Crippen LogP contribution in [0.15, 0.2) is 30.3 Å². The van der Waals surface area contributed by atoms with E-state index in [0.29, 0.717) is 0 Å². The highest BCUT2D eigenvalue weighted by Crippen LogP contribution is 2.25. The van der Waals surface area contributed by atoms with Crippen LogP contribution in [0.2, 0.25) is 0 Å². The molecule has 22 heavy (non-hydrogen) atoms. The number of benzene rings is 1. The van der Waals surface area contributed by atoms with Crippen LogP contribution in [0.1, 0.15) is 57.6 Å². The molecule has 2 N–H and O–H groups in total. The molecular formula is C18H26N2O2. The van der Waals surface area contributed by atoms with Gasteiger partial charge in [-0.05, 0) is 32.3 Å². The van der Waals surface area contributed by atoms with Gasteiger partial charge in [-0.2, -0.15) is 0 Å². The molecule has 120 valence electrons. The van der Waals surface area contributed by atoms with Crippen molar-refractivity contribution < 1.29 is 9.59 Å². The standard InChI is InChI=1S/C18H26N2O2/c1-13(2)19-18(22)16(14-9-5-3-6-10-14)20-17(21)15-11-7-4-8-12-15/h3,5-6,9-10,13,15-16H,4,7-8,11-12H2,1-2H3,(H,19,22)(H,20,21)/t16-/m0/s1. The highest BCUT2D eigenvalue weighted by molar-refractivity contribution is 5.89. The van der Waals surface area contributed by atoms with Crippen molar-refractivity contribution in [2.45, 2.75) is 58.0 Å². The third-order valence-electron chi connectivity index (χ3n) is 4.09. The Balaban J connectivity index is 2.10. The average molecular weight is 302 g/mol. The molecule has 4 nitrogen and oxygen atoms in total. The summed E-state index contributed by atoms with van der Waals surface area (Å²) in [6.45, 7) is 3.84. The third kappa shape index (κ3) is 4.58. The summed E-state index contributed by atoms with van der Waals surface area (Å²) in [4.78, 5) is 24.9. The Morgan fingerprint density at radius 3 is 2.23 bits per heavy atom. The van der Waals surface area contributed by atoms with Crippen molar-refractivity contribution in [3.8, 4) is 0 Å². The van der Waals surface area contributed by atoms with Gasteiger partial charge < -0.3 is 10.6 Å². The zero-order valence-corrected chi connectivity index (χ0v) is 13.5. The summed E-state index contributed by atoms with van der Waals surface area (Å²) in [6.07, 6.45) is 5.27. The summed E-state index contributed by atoms with van der Waals surface area (Å²) < 4.78 is 0. The Morgan fingerprint density at radius 2 is 1.64 bits per heavy atom. The molecule has 1 aliphatic carbocycles. The third-order valence-corrected chi connectivity index (χ3v) is 4.09. The molecule has 2 amide bonds. The van der Waals surface area contributed by atoms with Gasteiger partial charge in [-0.3, -0.25) is 9.59 Å². The van der Waals surface area contributed by atoms with E-state index in [-0.39, 0.29) is 23.8 Å². The van der Waals surface area contributed by atoms with Gasteiger partial charge >= 0.3 is 0 Å². The van der Waals surface area contributed by atoms with Crippen molar-refractivity contribution in [3.63, 3.8) is 0 Å². The first kappa shape index (κ1) is 16.5. The Hall–Kier alpha value is -1.84. The van der Waals surface area contributed by atoms with Crippen molar-refractivity contribution in [2.24, 2.45) is 5.92 Å². The number of hydrogen-bond acceptors (Lipinski definition) is 2. The van der Waals surface area contributed by atoms with Gasteiger partial charge in [0.25, 0.3) is 0 Å². The minimum Gasteiger partial charge on any atom is -0.352 e. The Bertz CT molecular complexity index is 493. The fourth-order valence-corrected chi connectivity index (χ4v) is 2.94. The minimum absolute atomic E-state index is 0.00691. The van der Waals surface area contributed by atoms with Gasteiger partial charge in [0.1, 0.15) is 6.04 Å². The van der Waals surface area contributed by atoms with Crippen molar-refractivity contribution >= 4 is 11.8 Å². The van der Waals surface area contributed by atoms with Crippen molar-refractivity contribution in [2.75, 3.05) is 0 Å². The molecule has 1 aromatic rings. The van der Waals surface area contributed by atoms with Crippen LogP contribution in [0.25, 0.3) is 0 Å². The zero-order chi connectivity index (χ0) is 15.9. The van der Waals surface area contributed by atoms with E-state index < -0.39 is 6.04 Å². The zero-order valence-electron chi connectivity index (χ0n) is 13.5. The lowest BCUT2D eigenvalue weighted by atomic mass is 9.88. The van der Waals surface area contributed by atoms with Crippen LogP contribution in [-0.2, 0) is 9.59 Å². The van der Waals surface area contributed by atoms with E-state index in [4.69, 9.17) is 0 Å². The molecule has 0 radical (unpaired) electrons. The summed E-state index contributed by atoms with van der Waals surface area (Å²) in [5, 5.41) is 5.85. The van der Waals surface area contributed by atoms with E-state index >= 15 is 0 Å². The highest BCUT2D eigenvalue weighted by atomic mass is 16.2. The first-order valence-electron chi connectivity index (χ1n) is 8.23. The second-order valence-corrected chi connectivity index (χ2v) is 6.35. The van der Waals surface area contributed by atoms with Gasteiger partial charge in [0.2, 0.25) is 11.8 Å². The average Bonchev–Trinajstić information content (AvgIpc) is 2.53. The van der Waals surface area contributed by atoms with Gasteiger partial charge in [0.15, 0.2) is 0 Å². The molecule has 4 heteroatoms. The predicted molar refractivity (Wildman–Crippen MR) is 87.2 cm³/mol. The Kier molecular flexibility index (Phi) is 5.99. The Labute approximate surface area is 132 Å². The summed E-state index contributed by atoms with van der Waals surface area (Å²) >= 11 is 0. The fraction of sp³-hybridized carbons (Fsp3) is 0.556. The summed E-state index contributed by atoms with van der Waals surface area (Å²) in [5.41, 5.74) is 0.824. The highest BCUT2D eigenvalue weighted by Gasteiger charge is 2.27. The number of carbonyl (C=O) groups is 2. The van der Waals surface area contributed by atoms with Gasteiger partial charge in [-0.25, -0.2) is 0 Å². The number of rotatable bonds is 5. The number of amides is 2.